The van der Waals surface area contributed by atoms with Crippen LogP contribution in [0.5, 0.6) is 5.95 Å². The molecule has 0 spiro atoms. The van der Waals surface area contributed by atoms with Crippen molar-refractivity contribution in [2.24, 2.45) is 11.8 Å². The number of hydrogen-bond acceptors (Lipinski definition) is 4. The second-order valence-corrected chi connectivity index (χ2v) is 7.35. The summed E-state index contributed by atoms with van der Waals surface area (Å²) in [5.74, 6) is 1.56. The van der Waals surface area contributed by atoms with Crippen LogP contribution in [0.25, 0.3) is 0 Å². The molecule has 1 saturated heterocycles. The van der Waals surface area contributed by atoms with Gasteiger partial charge in [0.2, 0.25) is 5.91 Å². The van der Waals surface area contributed by atoms with Gasteiger partial charge in [0.25, 0.3) is 11.9 Å². The topological polar surface area (TPSA) is 63.0 Å². The van der Waals surface area contributed by atoms with Crippen molar-refractivity contribution in [1.82, 2.24) is 9.80 Å². The van der Waals surface area contributed by atoms with Crippen molar-refractivity contribution in [3.63, 3.8) is 0 Å². The number of amides is 2. The molecule has 1 aliphatic carbocycles. The molecule has 2 fully saturated rings. The molecule has 0 bridgehead atoms. The van der Waals surface area contributed by atoms with E-state index in [0.717, 1.165) is 6.54 Å². The van der Waals surface area contributed by atoms with Gasteiger partial charge in [-0.05, 0) is 37.7 Å². The first-order valence-electron chi connectivity index (χ1n) is 9.31. The van der Waals surface area contributed by atoms with Gasteiger partial charge in [0.1, 0.15) is 0 Å². The van der Waals surface area contributed by atoms with E-state index in [1.54, 1.807) is 17.0 Å². The second kappa shape index (κ2) is 7.50. The fraction of sp³-hybridized carbons (Fsp3) is 0.684. The van der Waals surface area contributed by atoms with Crippen molar-refractivity contribution < 1.29 is 18.7 Å². The van der Waals surface area contributed by atoms with E-state index in [9.17, 15) is 9.59 Å². The molecule has 25 heavy (non-hydrogen) atoms. The van der Waals surface area contributed by atoms with Crippen LogP contribution in [0, 0.1) is 11.8 Å². The molecule has 6 nitrogen and oxygen atoms in total. The molecular formula is C19H28N2O4. The lowest BCUT2D eigenvalue weighted by molar-refractivity contribution is -0.133. The van der Waals surface area contributed by atoms with E-state index in [2.05, 4.69) is 13.8 Å². The third kappa shape index (κ3) is 4.17. The number of furan rings is 1. The summed E-state index contributed by atoms with van der Waals surface area (Å²) in [5.41, 5.74) is 0. The fourth-order valence-electron chi connectivity index (χ4n) is 3.36. The minimum atomic E-state index is -0.169. The summed E-state index contributed by atoms with van der Waals surface area (Å²) < 4.78 is 10.8. The molecule has 138 valence electrons. The highest BCUT2D eigenvalue weighted by molar-refractivity contribution is 5.92. The van der Waals surface area contributed by atoms with Crippen molar-refractivity contribution in [3.05, 3.63) is 17.9 Å². The maximum atomic E-state index is 12.8. The fourth-order valence-corrected chi connectivity index (χ4v) is 3.36. The zero-order valence-corrected chi connectivity index (χ0v) is 15.4. The molecule has 3 rings (SSSR count). The van der Waals surface area contributed by atoms with Gasteiger partial charge in [-0.25, -0.2) is 0 Å². The molecule has 6 heteroatoms. The zero-order valence-electron chi connectivity index (χ0n) is 15.4. The van der Waals surface area contributed by atoms with Crippen LogP contribution in [0.2, 0.25) is 0 Å². The van der Waals surface area contributed by atoms with Gasteiger partial charge in [0.05, 0.1) is 12.6 Å². The molecule has 2 heterocycles. The summed E-state index contributed by atoms with van der Waals surface area (Å²) in [6, 6.07) is 3.37. The molecule has 0 aromatic carbocycles. The predicted octanol–water partition coefficient (Wildman–Crippen LogP) is 2.79. The highest BCUT2D eigenvalue weighted by Gasteiger charge is 2.37. The highest BCUT2D eigenvalue weighted by atomic mass is 16.6. The van der Waals surface area contributed by atoms with Gasteiger partial charge >= 0.3 is 0 Å². The number of ether oxygens (including phenoxy) is 1. The summed E-state index contributed by atoms with van der Waals surface area (Å²) in [4.78, 5) is 29.2. The van der Waals surface area contributed by atoms with E-state index in [1.807, 2.05) is 11.8 Å². The van der Waals surface area contributed by atoms with Gasteiger partial charge in [0.15, 0.2) is 5.76 Å². The van der Waals surface area contributed by atoms with Crippen molar-refractivity contribution in [2.45, 2.75) is 46.1 Å². The largest absolute Gasteiger partial charge is 0.465 e. The molecule has 1 atom stereocenters. The SMILES string of the molecule is CCOc1ccc(C(=O)N2CCC(=O)N(CC3CC3)[C@@H](C(C)C)C2)o1. The molecule has 1 aliphatic heterocycles. The van der Waals surface area contributed by atoms with Crippen molar-refractivity contribution in [2.75, 3.05) is 26.2 Å². The average Bonchev–Trinajstić information content (AvgIpc) is 3.31. The Labute approximate surface area is 149 Å². The van der Waals surface area contributed by atoms with Crippen LogP contribution in [0.3, 0.4) is 0 Å². The van der Waals surface area contributed by atoms with Gasteiger partial charge < -0.3 is 19.0 Å². The first-order valence-corrected chi connectivity index (χ1v) is 9.31. The van der Waals surface area contributed by atoms with Crippen LogP contribution >= 0.6 is 0 Å². The van der Waals surface area contributed by atoms with E-state index in [-0.39, 0.29) is 23.6 Å². The number of hydrogen-bond donors (Lipinski definition) is 0. The summed E-state index contributed by atoms with van der Waals surface area (Å²) in [5, 5.41) is 0. The molecular weight excluding hydrogens is 320 g/mol. The van der Waals surface area contributed by atoms with Crippen LogP contribution in [0.15, 0.2) is 16.5 Å². The van der Waals surface area contributed by atoms with Gasteiger partial charge in [0, 0.05) is 32.1 Å². The Hall–Kier alpha value is -1.98. The van der Waals surface area contributed by atoms with Gasteiger partial charge in [-0.2, -0.15) is 0 Å². The Bertz CT molecular complexity index is 621. The first kappa shape index (κ1) is 17.8. The lowest BCUT2D eigenvalue weighted by atomic mass is 10.0. The van der Waals surface area contributed by atoms with Gasteiger partial charge in [-0.1, -0.05) is 13.8 Å². The lowest BCUT2D eigenvalue weighted by Gasteiger charge is -2.34. The monoisotopic (exact) mass is 348 g/mol. The molecule has 1 aromatic rings. The molecule has 1 saturated carbocycles. The van der Waals surface area contributed by atoms with Crippen LogP contribution in [-0.2, 0) is 4.79 Å². The number of carbonyl (C=O) groups is 2. The van der Waals surface area contributed by atoms with Crippen LogP contribution < -0.4 is 4.74 Å². The van der Waals surface area contributed by atoms with Crippen molar-refractivity contribution >= 4 is 11.8 Å². The van der Waals surface area contributed by atoms with Crippen LogP contribution in [0.4, 0.5) is 0 Å². The maximum Gasteiger partial charge on any atom is 0.289 e. The Morgan fingerprint density at radius 1 is 1.36 bits per heavy atom. The number of rotatable bonds is 6. The minimum Gasteiger partial charge on any atom is -0.465 e. The standard InChI is InChI=1S/C19H28N2O4/c1-4-24-18-8-7-16(25-18)19(23)20-10-9-17(22)21(11-14-5-6-14)15(12-20)13(2)3/h7-8,13-15H,4-6,9-12H2,1-3H3/t15-/m1/s1. The maximum absolute atomic E-state index is 12.8. The normalized spacial score (nSPS) is 21.6. The first-order chi connectivity index (χ1) is 12.0. The zero-order chi connectivity index (χ0) is 18.0. The summed E-state index contributed by atoms with van der Waals surface area (Å²) in [6.07, 6.45) is 2.80. The Morgan fingerprint density at radius 3 is 2.76 bits per heavy atom. The summed E-state index contributed by atoms with van der Waals surface area (Å²) in [6.45, 7) is 8.42. The Morgan fingerprint density at radius 2 is 2.12 bits per heavy atom. The smallest absolute Gasteiger partial charge is 0.289 e. The van der Waals surface area contributed by atoms with E-state index >= 15 is 0 Å². The molecule has 2 aliphatic rings. The molecule has 2 amide bonds. The molecule has 0 radical (unpaired) electrons. The van der Waals surface area contributed by atoms with Gasteiger partial charge in [-0.3, -0.25) is 9.59 Å². The highest BCUT2D eigenvalue weighted by Crippen LogP contribution is 2.32. The number of carbonyl (C=O) groups excluding carboxylic acids is 2. The summed E-state index contributed by atoms with van der Waals surface area (Å²) in [7, 11) is 0. The van der Waals surface area contributed by atoms with E-state index in [4.69, 9.17) is 9.15 Å². The predicted molar refractivity (Wildman–Crippen MR) is 93.5 cm³/mol. The van der Waals surface area contributed by atoms with Crippen molar-refractivity contribution in [1.29, 1.82) is 0 Å². The van der Waals surface area contributed by atoms with E-state index in [0.29, 0.717) is 43.9 Å². The second-order valence-electron chi connectivity index (χ2n) is 7.35. The third-order valence-corrected chi connectivity index (χ3v) is 5.01. The quantitative estimate of drug-likeness (QED) is 0.793. The molecule has 1 aromatic heterocycles. The lowest BCUT2D eigenvalue weighted by Crippen LogP contribution is -2.48. The molecule has 0 N–H and O–H groups in total. The van der Waals surface area contributed by atoms with E-state index < -0.39 is 0 Å². The molecule has 0 unspecified atom stereocenters. The Kier molecular flexibility index (Phi) is 5.35. The number of nitrogens with zero attached hydrogens (tertiary/aromatic N) is 2. The Balaban J connectivity index is 1.74. The summed E-state index contributed by atoms with van der Waals surface area (Å²) >= 11 is 0. The van der Waals surface area contributed by atoms with Crippen molar-refractivity contribution in [3.8, 4) is 5.95 Å². The van der Waals surface area contributed by atoms with Crippen LogP contribution in [0.1, 0.15) is 50.6 Å². The minimum absolute atomic E-state index is 0.0564. The van der Waals surface area contributed by atoms with Crippen LogP contribution in [-0.4, -0.2) is 53.9 Å². The average molecular weight is 348 g/mol. The van der Waals surface area contributed by atoms with Gasteiger partial charge in [-0.15, -0.1) is 0 Å². The third-order valence-electron chi connectivity index (χ3n) is 5.01. The van der Waals surface area contributed by atoms with E-state index in [1.165, 1.54) is 12.8 Å².